The van der Waals surface area contributed by atoms with Gasteiger partial charge in [-0.3, -0.25) is 4.79 Å². The lowest BCUT2D eigenvalue weighted by molar-refractivity contribution is -0.123. The van der Waals surface area contributed by atoms with Gasteiger partial charge in [-0.1, -0.05) is 11.6 Å². The quantitative estimate of drug-likeness (QED) is 0.837. The summed E-state index contributed by atoms with van der Waals surface area (Å²) in [5.74, 6) is 1.83. The van der Waals surface area contributed by atoms with Crippen molar-refractivity contribution in [2.24, 2.45) is 0 Å². The van der Waals surface area contributed by atoms with E-state index in [-0.39, 0.29) is 11.9 Å². The Balaban J connectivity index is 1.53. The molecule has 24 heavy (non-hydrogen) atoms. The van der Waals surface area contributed by atoms with Crippen LogP contribution >= 0.6 is 11.6 Å². The van der Waals surface area contributed by atoms with Gasteiger partial charge in [0, 0.05) is 6.54 Å². The maximum atomic E-state index is 12.1. The molecular weight excluding hydrogens is 332 g/mol. The fraction of sp³-hybridized carbons (Fsp3) is 0.353. The topological polar surface area (TPSA) is 72.7 Å². The third-order valence-corrected chi connectivity index (χ3v) is 3.96. The van der Waals surface area contributed by atoms with E-state index in [9.17, 15) is 4.79 Å². The Morgan fingerprint density at radius 3 is 2.92 bits per heavy atom. The van der Waals surface area contributed by atoms with Gasteiger partial charge < -0.3 is 24.5 Å². The molecule has 2 N–H and O–H groups in total. The van der Waals surface area contributed by atoms with Crippen LogP contribution in [-0.2, 0) is 17.9 Å². The summed E-state index contributed by atoms with van der Waals surface area (Å²) in [5.41, 5.74) is 0.926. The maximum Gasteiger partial charge on any atom is 0.237 e. The average Bonchev–Trinajstić information content (AvgIpc) is 3.11. The van der Waals surface area contributed by atoms with Crippen LogP contribution < -0.4 is 20.1 Å². The summed E-state index contributed by atoms with van der Waals surface area (Å²) >= 11 is 6.21. The molecule has 0 spiro atoms. The number of hydrogen-bond donors (Lipinski definition) is 2. The van der Waals surface area contributed by atoms with Gasteiger partial charge >= 0.3 is 0 Å². The van der Waals surface area contributed by atoms with Crippen LogP contribution in [0.15, 0.2) is 34.9 Å². The predicted octanol–water partition coefficient (Wildman–Crippen LogP) is 2.50. The Bertz CT molecular complexity index is 703. The number of hydrogen-bond acceptors (Lipinski definition) is 5. The van der Waals surface area contributed by atoms with Gasteiger partial charge in [0.05, 0.1) is 23.9 Å². The summed E-state index contributed by atoms with van der Waals surface area (Å²) in [6.45, 7) is 3.67. The van der Waals surface area contributed by atoms with Gasteiger partial charge in [-0.15, -0.1) is 0 Å². The normalized spacial score (nSPS) is 14.2. The second kappa shape index (κ2) is 7.59. The van der Waals surface area contributed by atoms with Crippen molar-refractivity contribution in [3.63, 3.8) is 0 Å². The van der Waals surface area contributed by atoms with Crippen molar-refractivity contribution in [2.45, 2.75) is 26.1 Å². The number of carbonyl (C=O) groups excluding carboxylic acids is 1. The van der Waals surface area contributed by atoms with E-state index in [2.05, 4.69) is 10.6 Å². The largest absolute Gasteiger partial charge is 0.486 e. The van der Waals surface area contributed by atoms with Gasteiger partial charge in [0.1, 0.15) is 19.0 Å². The van der Waals surface area contributed by atoms with E-state index in [1.54, 1.807) is 19.3 Å². The number of rotatable bonds is 6. The van der Waals surface area contributed by atoms with Crippen molar-refractivity contribution in [1.29, 1.82) is 0 Å². The van der Waals surface area contributed by atoms with E-state index in [1.807, 2.05) is 18.2 Å². The van der Waals surface area contributed by atoms with Crippen molar-refractivity contribution in [3.05, 3.63) is 46.9 Å². The summed E-state index contributed by atoms with van der Waals surface area (Å²) in [6, 6.07) is 6.94. The monoisotopic (exact) mass is 350 g/mol. The molecule has 7 heteroatoms. The zero-order valence-corrected chi connectivity index (χ0v) is 14.1. The summed E-state index contributed by atoms with van der Waals surface area (Å²) in [4.78, 5) is 12.1. The van der Waals surface area contributed by atoms with Crippen molar-refractivity contribution in [2.75, 3.05) is 13.2 Å². The minimum atomic E-state index is -0.355. The molecule has 2 heterocycles. The molecule has 0 radical (unpaired) electrons. The minimum Gasteiger partial charge on any atom is -0.486 e. The molecule has 0 saturated heterocycles. The van der Waals surface area contributed by atoms with Crippen LogP contribution in [0.1, 0.15) is 18.2 Å². The maximum absolute atomic E-state index is 12.1. The molecule has 1 aromatic carbocycles. The lowest BCUT2D eigenvalue weighted by Gasteiger charge is -2.21. The third-order valence-electron chi connectivity index (χ3n) is 3.68. The van der Waals surface area contributed by atoms with Crippen molar-refractivity contribution < 1.29 is 18.7 Å². The molecule has 1 aromatic heterocycles. The molecule has 1 unspecified atom stereocenters. The molecular formula is C17H19ClN2O4. The highest BCUT2D eigenvalue weighted by molar-refractivity contribution is 6.32. The number of benzene rings is 1. The average molecular weight is 351 g/mol. The lowest BCUT2D eigenvalue weighted by atomic mass is 10.1. The van der Waals surface area contributed by atoms with Crippen LogP contribution in [0.3, 0.4) is 0 Å². The minimum absolute atomic E-state index is 0.102. The van der Waals surface area contributed by atoms with E-state index in [1.165, 1.54) is 0 Å². The molecule has 0 bridgehead atoms. The molecule has 128 valence electrons. The smallest absolute Gasteiger partial charge is 0.237 e. The zero-order chi connectivity index (χ0) is 16.9. The molecule has 3 rings (SSSR count). The zero-order valence-electron chi connectivity index (χ0n) is 13.3. The highest BCUT2D eigenvalue weighted by Gasteiger charge is 2.18. The molecule has 0 fully saturated rings. The van der Waals surface area contributed by atoms with E-state index in [0.717, 1.165) is 5.56 Å². The first-order chi connectivity index (χ1) is 11.6. The molecule has 0 saturated carbocycles. The van der Waals surface area contributed by atoms with Crippen LogP contribution in [0.25, 0.3) is 0 Å². The fourth-order valence-corrected chi connectivity index (χ4v) is 2.66. The van der Waals surface area contributed by atoms with E-state index >= 15 is 0 Å². The van der Waals surface area contributed by atoms with Gasteiger partial charge in [0.15, 0.2) is 11.5 Å². The predicted molar refractivity (Wildman–Crippen MR) is 89.3 cm³/mol. The Labute approximate surface area is 145 Å². The van der Waals surface area contributed by atoms with Crippen LogP contribution in [-0.4, -0.2) is 25.2 Å². The molecule has 1 aliphatic rings. The summed E-state index contributed by atoms with van der Waals surface area (Å²) < 4.78 is 16.2. The first kappa shape index (κ1) is 16.7. The summed E-state index contributed by atoms with van der Waals surface area (Å²) in [6.07, 6.45) is 1.58. The van der Waals surface area contributed by atoms with Crippen molar-refractivity contribution in [1.82, 2.24) is 10.6 Å². The van der Waals surface area contributed by atoms with Gasteiger partial charge in [0.2, 0.25) is 5.91 Å². The molecule has 1 aliphatic heterocycles. The van der Waals surface area contributed by atoms with Crippen LogP contribution in [0.5, 0.6) is 11.5 Å². The first-order valence-electron chi connectivity index (χ1n) is 7.75. The Kier molecular flexibility index (Phi) is 5.27. The van der Waals surface area contributed by atoms with E-state index < -0.39 is 0 Å². The number of ether oxygens (including phenoxy) is 2. The Hall–Kier alpha value is -2.18. The second-order valence-electron chi connectivity index (χ2n) is 5.50. The number of halogens is 1. The van der Waals surface area contributed by atoms with Crippen LogP contribution in [0.2, 0.25) is 5.02 Å². The standard InChI is InChI=1S/C17H19ClN2O4/c1-11(17(21)20-10-13-3-2-4-22-13)19-9-12-7-14(18)16-15(8-12)23-5-6-24-16/h2-4,7-8,11,19H,5-6,9-10H2,1H3,(H,20,21). The molecule has 1 amide bonds. The number of amides is 1. The van der Waals surface area contributed by atoms with Gasteiger partial charge in [-0.2, -0.15) is 0 Å². The molecule has 2 aromatic rings. The first-order valence-corrected chi connectivity index (χ1v) is 8.13. The number of fused-ring (bicyclic) bond motifs is 1. The van der Waals surface area contributed by atoms with Crippen molar-refractivity contribution in [3.8, 4) is 11.5 Å². The highest BCUT2D eigenvalue weighted by Crippen LogP contribution is 2.38. The number of furan rings is 1. The molecule has 6 nitrogen and oxygen atoms in total. The summed E-state index contributed by atoms with van der Waals surface area (Å²) in [7, 11) is 0. The Morgan fingerprint density at radius 1 is 1.29 bits per heavy atom. The SMILES string of the molecule is CC(NCc1cc(Cl)c2c(c1)OCCO2)C(=O)NCc1ccco1. The van der Waals surface area contributed by atoms with E-state index in [4.69, 9.17) is 25.5 Å². The third kappa shape index (κ3) is 4.01. The van der Waals surface area contributed by atoms with Gasteiger partial charge in [-0.25, -0.2) is 0 Å². The van der Waals surface area contributed by atoms with Crippen molar-refractivity contribution >= 4 is 17.5 Å². The molecule has 0 aliphatic carbocycles. The number of carbonyl (C=O) groups is 1. The van der Waals surface area contributed by atoms with Gasteiger partial charge in [0.25, 0.3) is 0 Å². The van der Waals surface area contributed by atoms with Gasteiger partial charge in [-0.05, 0) is 36.8 Å². The molecule has 1 atom stereocenters. The second-order valence-corrected chi connectivity index (χ2v) is 5.91. The Morgan fingerprint density at radius 2 is 2.12 bits per heavy atom. The van der Waals surface area contributed by atoms with Crippen LogP contribution in [0.4, 0.5) is 0 Å². The lowest BCUT2D eigenvalue weighted by Crippen LogP contribution is -2.41. The van der Waals surface area contributed by atoms with Crippen LogP contribution in [0, 0.1) is 0 Å². The number of nitrogens with one attached hydrogen (secondary N) is 2. The highest BCUT2D eigenvalue weighted by atomic mass is 35.5. The van der Waals surface area contributed by atoms with E-state index in [0.29, 0.717) is 48.6 Å². The summed E-state index contributed by atoms with van der Waals surface area (Å²) in [5, 5.41) is 6.49. The fourth-order valence-electron chi connectivity index (χ4n) is 2.37.